The number of hydrogen-bond acceptors (Lipinski definition) is 7. The highest BCUT2D eigenvalue weighted by Crippen LogP contribution is 2.25. The van der Waals surface area contributed by atoms with Crippen LogP contribution in [0, 0.1) is 0 Å². The fourth-order valence-corrected chi connectivity index (χ4v) is 4.74. The third kappa shape index (κ3) is 5.03. The molecule has 1 aliphatic heterocycles. The zero-order valence-corrected chi connectivity index (χ0v) is 18.7. The smallest absolute Gasteiger partial charge is 0.237 e. The molecule has 4 rings (SSSR count). The van der Waals surface area contributed by atoms with Crippen LogP contribution < -0.4 is 10.2 Å². The number of carbonyl (C=O) groups excluding carboxylic acids is 1. The van der Waals surface area contributed by atoms with Crippen molar-refractivity contribution in [2.75, 3.05) is 36.5 Å². The molecule has 1 fully saturated rings. The lowest BCUT2D eigenvalue weighted by molar-refractivity contribution is -0.115. The summed E-state index contributed by atoms with van der Waals surface area (Å²) in [6.07, 6.45) is 0.748. The summed E-state index contributed by atoms with van der Waals surface area (Å²) in [4.78, 5) is 16.2. The molecule has 3 aromatic rings. The maximum atomic E-state index is 12.7. The zero-order chi connectivity index (χ0) is 20.9. The number of amides is 1. The number of thiophene rings is 1. The summed E-state index contributed by atoms with van der Waals surface area (Å²) in [6.45, 7) is 5.18. The lowest BCUT2D eigenvalue weighted by Crippen LogP contribution is -2.36. The van der Waals surface area contributed by atoms with Crippen LogP contribution in [0.1, 0.15) is 17.6 Å². The quantitative estimate of drug-likeness (QED) is 0.564. The van der Waals surface area contributed by atoms with Crippen LogP contribution in [0.4, 0.5) is 11.4 Å². The SMILES string of the molecule is CC(Sc1nnc(Cc2cccs2)n1C)C(=O)Nc1ccc(N2CCOCC2)cc1. The molecule has 1 amide bonds. The van der Waals surface area contributed by atoms with E-state index in [1.54, 1.807) is 11.3 Å². The van der Waals surface area contributed by atoms with E-state index in [0.29, 0.717) is 0 Å². The van der Waals surface area contributed by atoms with E-state index in [0.717, 1.165) is 55.1 Å². The molecule has 3 heterocycles. The van der Waals surface area contributed by atoms with Crippen LogP contribution in [0.25, 0.3) is 0 Å². The molecule has 0 aliphatic carbocycles. The Bertz CT molecular complexity index is 966. The molecule has 30 heavy (non-hydrogen) atoms. The first-order valence-electron chi connectivity index (χ1n) is 9.91. The van der Waals surface area contributed by atoms with Crippen molar-refractivity contribution < 1.29 is 9.53 Å². The van der Waals surface area contributed by atoms with Crippen molar-refractivity contribution in [3.05, 3.63) is 52.5 Å². The Hall–Kier alpha value is -2.36. The van der Waals surface area contributed by atoms with Crippen molar-refractivity contribution in [1.29, 1.82) is 0 Å². The van der Waals surface area contributed by atoms with Crippen LogP contribution in [-0.4, -0.2) is 52.2 Å². The predicted octanol–water partition coefficient (Wildman–Crippen LogP) is 3.42. The Morgan fingerprint density at radius 1 is 1.23 bits per heavy atom. The second-order valence-corrected chi connectivity index (χ2v) is 9.45. The summed E-state index contributed by atoms with van der Waals surface area (Å²) in [6, 6.07) is 12.1. The number of nitrogens with zero attached hydrogens (tertiary/aromatic N) is 4. The van der Waals surface area contributed by atoms with E-state index in [-0.39, 0.29) is 11.2 Å². The van der Waals surface area contributed by atoms with Gasteiger partial charge in [0.1, 0.15) is 5.82 Å². The average molecular weight is 444 g/mol. The molecule has 0 radical (unpaired) electrons. The second-order valence-electron chi connectivity index (χ2n) is 7.11. The van der Waals surface area contributed by atoms with Crippen molar-refractivity contribution >= 4 is 40.4 Å². The van der Waals surface area contributed by atoms with Gasteiger partial charge in [0, 0.05) is 42.8 Å². The Morgan fingerprint density at radius 2 is 2.00 bits per heavy atom. The van der Waals surface area contributed by atoms with Gasteiger partial charge in [-0.1, -0.05) is 17.8 Å². The lowest BCUT2D eigenvalue weighted by atomic mass is 10.2. The number of aromatic nitrogens is 3. The van der Waals surface area contributed by atoms with Crippen molar-refractivity contribution in [3.63, 3.8) is 0 Å². The highest BCUT2D eigenvalue weighted by Gasteiger charge is 2.19. The third-order valence-corrected chi connectivity index (χ3v) is 7.01. The van der Waals surface area contributed by atoms with E-state index in [1.807, 2.05) is 48.9 Å². The van der Waals surface area contributed by atoms with Crippen molar-refractivity contribution in [3.8, 4) is 0 Å². The maximum Gasteiger partial charge on any atom is 0.237 e. The van der Waals surface area contributed by atoms with Crippen molar-refractivity contribution in [2.45, 2.75) is 23.8 Å². The van der Waals surface area contributed by atoms with Gasteiger partial charge in [0.2, 0.25) is 5.91 Å². The van der Waals surface area contributed by atoms with Gasteiger partial charge in [0.25, 0.3) is 0 Å². The van der Waals surface area contributed by atoms with Crippen LogP contribution in [0.3, 0.4) is 0 Å². The number of thioether (sulfide) groups is 1. The number of morpholine rings is 1. The molecule has 9 heteroatoms. The molecule has 1 saturated heterocycles. The first-order valence-corrected chi connectivity index (χ1v) is 11.7. The molecule has 7 nitrogen and oxygen atoms in total. The topological polar surface area (TPSA) is 72.3 Å². The minimum atomic E-state index is -0.290. The van der Waals surface area contributed by atoms with Crippen LogP contribution in [0.2, 0.25) is 0 Å². The van der Waals surface area contributed by atoms with Gasteiger partial charge in [-0.3, -0.25) is 4.79 Å². The van der Waals surface area contributed by atoms with Gasteiger partial charge >= 0.3 is 0 Å². The molecule has 2 aromatic heterocycles. The number of rotatable bonds is 7. The number of carbonyl (C=O) groups is 1. The summed E-state index contributed by atoms with van der Waals surface area (Å²) in [7, 11) is 1.94. The van der Waals surface area contributed by atoms with E-state index in [2.05, 4.69) is 31.9 Å². The molecular weight excluding hydrogens is 418 g/mol. The largest absolute Gasteiger partial charge is 0.378 e. The summed E-state index contributed by atoms with van der Waals surface area (Å²) >= 11 is 3.12. The number of benzene rings is 1. The van der Waals surface area contributed by atoms with Crippen LogP contribution in [-0.2, 0) is 23.0 Å². The fraction of sp³-hybridized carbons (Fsp3) is 0.381. The van der Waals surface area contributed by atoms with Gasteiger partial charge in [-0.15, -0.1) is 21.5 Å². The average Bonchev–Trinajstić information content (AvgIpc) is 3.40. The first-order chi connectivity index (χ1) is 14.6. The monoisotopic (exact) mass is 443 g/mol. The fourth-order valence-electron chi connectivity index (χ4n) is 3.20. The normalized spacial score (nSPS) is 15.2. The first kappa shape index (κ1) is 20.9. The Balaban J connectivity index is 1.33. The third-order valence-electron chi connectivity index (χ3n) is 5.00. The summed E-state index contributed by atoms with van der Waals surface area (Å²) in [5.41, 5.74) is 1.94. The van der Waals surface area contributed by atoms with Crippen LogP contribution in [0.5, 0.6) is 0 Å². The van der Waals surface area contributed by atoms with Crippen molar-refractivity contribution in [2.24, 2.45) is 7.05 Å². The van der Waals surface area contributed by atoms with Gasteiger partial charge < -0.3 is 19.5 Å². The Kier molecular flexibility index (Phi) is 6.71. The number of nitrogens with one attached hydrogen (secondary N) is 1. The Morgan fingerprint density at radius 3 is 2.70 bits per heavy atom. The number of hydrogen-bond donors (Lipinski definition) is 1. The molecule has 1 aliphatic rings. The predicted molar refractivity (Wildman–Crippen MR) is 122 cm³/mol. The zero-order valence-electron chi connectivity index (χ0n) is 17.1. The highest BCUT2D eigenvalue weighted by atomic mass is 32.2. The molecular formula is C21H25N5O2S2. The number of ether oxygens (including phenoxy) is 1. The van der Waals surface area contributed by atoms with E-state index in [4.69, 9.17) is 4.74 Å². The van der Waals surface area contributed by atoms with Gasteiger partial charge in [-0.2, -0.15) is 0 Å². The minimum absolute atomic E-state index is 0.0538. The summed E-state index contributed by atoms with van der Waals surface area (Å²) in [5, 5.41) is 14.1. The molecule has 1 atom stereocenters. The molecule has 1 unspecified atom stereocenters. The summed E-state index contributed by atoms with van der Waals surface area (Å²) in [5.74, 6) is 0.841. The molecule has 0 saturated carbocycles. The van der Waals surface area contributed by atoms with Crippen LogP contribution >= 0.6 is 23.1 Å². The van der Waals surface area contributed by atoms with E-state index in [1.165, 1.54) is 16.6 Å². The molecule has 158 valence electrons. The summed E-state index contributed by atoms with van der Waals surface area (Å²) < 4.78 is 7.36. The minimum Gasteiger partial charge on any atom is -0.378 e. The molecule has 0 spiro atoms. The van der Waals surface area contributed by atoms with Gasteiger partial charge in [0.15, 0.2) is 5.16 Å². The lowest BCUT2D eigenvalue weighted by Gasteiger charge is -2.28. The Labute approximate surface area is 184 Å². The van der Waals surface area contributed by atoms with E-state index < -0.39 is 0 Å². The molecule has 1 aromatic carbocycles. The maximum absolute atomic E-state index is 12.7. The van der Waals surface area contributed by atoms with E-state index >= 15 is 0 Å². The van der Waals surface area contributed by atoms with Crippen molar-refractivity contribution in [1.82, 2.24) is 14.8 Å². The molecule has 1 N–H and O–H groups in total. The van der Waals surface area contributed by atoms with E-state index in [9.17, 15) is 4.79 Å². The highest BCUT2D eigenvalue weighted by molar-refractivity contribution is 8.00. The standard InChI is InChI=1S/C21H25N5O2S2/c1-15(30-21-24-23-19(25(21)2)14-18-4-3-13-29-18)20(27)22-16-5-7-17(8-6-16)26-9-11-28-12-10-26/h3-8,13,15H,9-12,14H2,1-2H3,(H,22,27). The second kappa shape index (κ2) is 9.63. The van der Waals surface area contributed by atoms with Gasteiger partial charge in [-0.05, 0) is 42.6 Å². The van der Waals surface area contributed by atoms with Gasteiger partial charge in [-0.25, -0.2) is 0 Å². The molecule has 0 bridgehead atoms. The van der Waals surface area contributed by atoms with Crippen LogP contribution in [0.15, 0.2) is 46.9 Å². The van der Waals surface area contributed by atoms with Gasteiger partial charge in [0.05, 0.1) is 18.5 Å². The number of anilines is 2.